The number of thiophene rings is 1. The summed E-state index contributed by atoms with van der Waals surface area (Å²) in [5, 5.41) is 18.0. The van der Waals surface area contributed by atoms with Gasteiger partial charge in [-0.15, -0.1) is 0 Å². The van der Waals surface area contributed by atoms with Crippen molar-refractivity contribution in [3.8, 4) is 0 Å². The zero-order valence-corrected chi connectivity index (χ0v) is 13.7. The predicted molar refractivity (Wildman–Crippen MR) is 87.6 cm³/mol. The van der Waals surface area contributed by atoms with Gasteiger partial charge in [-0.05, 0) is 43.7 Å². The number of aliphatic hydroxyl groups is 1. The van der Waals surface area contributed by atoms with E-state index < -0.39 is 0 Å². The second kappa shape index (κ2) is 7.43. The van der Waals surface area contributed by atoms with Crippen molar-refractivity contribution in [2.75, 3.05) is 24.5 Å². The van der Waals surface area contributed by atoms with Gasteiger partial charge in [-0.25, -0.2) is 0 Å². The van der Waals surface area contributed by atoms with Gasteiger partial charge >= 0.3 is 0 Å². The average molecular weight is 296 g/mol. The largest absolute Gasteiger partial charge is 0.393 e. The van der Waals surface area contributed by atoms with Crippen LogP contribution in [0, 0.1) is 11.8 Å². The van der Waals surface area contributed by atoms with Crippen LogP contribution >= 0.6 is 11.3 Å². The molecule has 0 radical (unpaired) electrons. The van der Waals surface area contributed by atoms with E-state index >= 15 is 0 Å². The van der Waals surface area contributed by atoms with Gasteiger partial charge in [0.2, 0.25) is 0 Å². The van der Waals surface area contributed by atoms with Crippen molar-refractivity contribution < 1.29 is 5.11 Å². The molecule has 20 heavy (non-hydrogen) atoms. The summed E-state index contributed by atoms with van der Waals surface area (Å²) in [6.07, 6.45) is 2.07. The van der Waals surface area contributed by atoms with Crippen LogP contribution in [0.25, 0.3) is 0 Å². The summed E-state index contributed by atoms with van der Waals surface area (Å²) >= 11 is 1.74. The molecule has 1 aromatic rings. The van der Waals surface area contributed by atoms with Crippen molar-refractivity contribution in [1.82, 2.24) is 5.32 Å². The second-order valence-electron chi connectivity index (χ2n) is 6.46. The minimum Gasteiger partial charge on any atom is -0.393 e. The van der Waals surface area contributed by atoms with E-state index in [9.17, 15) is 5.11 Å². The van der Waals surface area contributed by atoms with E-state index in [2.05, 4.69) is 40.9 Å². The Bertz CT molecular complexity index is 378. The third-order valence-corrected chi connectivity index (χ3v) is 4.86. The maximum atomic E-state index is 9.97. The van der Waals surface area contributed by atoms with Crippen LogP contribution in [-0.4, -0.2) is 36.9 Å². The molecular formula is C16H28N2OS. The summed E-state index contributed by atoms with van der Waals surface area (Å²) in [4.78, 5) is 2.42. The fourth-order valence-electron chi connectivity index (χ4n) is 2.86. The van der Waals surface area contributed by atoms with Gasteiger partial charge in [-0.1, -0.05) is 13.8 Å². The summed E-state index contributed by atoms with van der Waals surface area (Å²) in [5.74, 6) is 1.10. The fraction of sp³-hybridized carbons (Fsp3) is 0.750. The first kappa shape index (κ1) is 15.8. The number of anilines is 1. The zero-order valence-electron chi connectivity index (χ0n) is 12.9. The number of aliphatic hydroxyl groups excluding tert-OH is 1. The molecule has 3 unspecified atom stereocenters. The summed E-state index contributed by atoms with van der Waals surface area (Å²) in [7, 11) is 0. The molecule has 0 bridgehead atoms. The fourth-order valence-corrected chi connectivity index (χ4v) is 3.52. The highest BCUT2D eigenvalue weighted by atomic mass is 32.1. The minimum atomic E-state index is -0.231. The van der Waals surface area contributed by atoms with E-state index in [0.717, 1.165) is 32.0 Å². The highest BCUT2D eigenvalue weighted by Gasteiger charge is 2.29. The summed E-state index contributed by atoms with van der Waals surface area (Å²) in [6.45, 7) is 9.55. The number of piperidine rings is 1. The lowest BCUT2D eigenvalue weighted by Crippen LogP contribution is -2.51. The first-order valence-electron chi connectivity index (χ1n) is 7.75. The highest BCUT2D eigenvalue weighted by molar-refractivity contribution is 7.08. The van der Waals surface area contributed by atoms with Crippen LogP contribution < -0.4 is 10.2 Å². The van der Waals surface area contributed by atoms with Crippen LogP contribution in [0.5, 0.6) is 0 Å². The molecule has 2 N–H and O–H groups in total. The monoisotopic (exact) mass is 296 g/mol. The molecule has 1 saturated heterocycles. The van der Waals surface area contributed by atoms with Gasteiger partial charge < -0.3 is 15.3 Å². The molecule has 1 aliphatic rings. The topological polar surface area (TPSA) is 35.5 Å². The molecule has 1 aromatic heterocycles. The lowest BCUT2D eigenvalue weighted by atomic mass is 9.90. The third-order valence-electron chi connectivity index (χ3n) is 4.19. The molecule has 2 heterocycles. The predicted octanol–water partition coefficient (Wildman–Crippen LogP) is 2.96. The standard InChI is InChI=1S/C16H28N2OS/c1-12(2)4-6-17-15-8-14(13(3)19)9-18(10-15)16-5-7-20-11-16/h5,7,11-15,17,19H,4,6,8-10H2,1-3H3. The zero-order chi connectivity index (χ0) is 14.5. The Labute approximate surface area is 127 Å². The van der Waals surface area contributed by atoms with E-state index in [1.165, 1.54) is 12.1 Å². The first-order chi connectivity index (χ1) is 9.56. The van der Waals surface area contributed by atoms with Crippen molar-refractivity contribution in [1.29, 1.82) is 0 Å². The van der Waals surface area contributed by atoms with Crippen molar-refractivity contribution in [3.63, 3.8) is 0 Å². The molecule has 4 heteroatoms. The van der Waals surface area contributed by atoms with Crippen molar-refractivity contribution >= 4 is 17.0 Å². The van der Waals surface area contributed by atoms with Crippen LogP contribution in [-0.2, 0) is 0 Å². The SMILES string of the molecule is CC(C)CCNC1CC(C(C)O)CN(c2ccsc2)C1. The third kappa shape index (κ3) is 4.47. The number of hydrogen-bond acceptors (Lipinski definition) is 4. The summed E-state index contributed by atoms with van der Waals surface area (Å²) in [5.41, 5.74) is 1.30. The Kier molecular flexibility index (Phi) is 5.87. The van der Waals surface area contributed by atoms with Crippen LogP contribution in [0.1, 0.15) is 33.6 Å². The lowest BCUT2D eigenvalue weighted by Gasteiger charge is -2.40. The Morgan fingerprint density at radius 3 is 2.80 bits per heavy atom. The van der Waals surface area contributed by atoms with E-state index in [1.54, 1.807) is 11.3 Å². The summed E-state index contributed by atoms with van der Waals surface area (Å²) < 4.78 is 0. The maximum absolute atomic E-state index is 9.97. The second-order valence-corrected chi connectivity index (χ2v) is 7.24. The maximum Gasteiger partial charge on any atom is 0.0557 e. The molecule has 0 saturated carbocycles. The smallest absolute Gasteiger partial charge is 0.0557 e. The van der Waals surface area contributed by atoms with Gasteiger partial charge in [0.1, 0.15) is 0 Å². The number of nitrogens with zero attached hydrogens (tertiary/aromatic N) is 1. The van der Waals surface area contributed by atoms with Crippen LogP contribution in [0.4, 0.5) is 5.69 Å². The highest BCUT2D eigenvalue weighted by Crippen LogP contribution is 2.27. The molecule has 0 amide bonds. The first-order valence-corrected chi connectivity index (χ1v) is 8.69. The van der Waals surface area contributed by atoms with Gasteiger partial charge in [-0.3, -0.25) is 0 Å². The quantitative estimate of drug-likeness (QED) is 0.847. The van der Waals surface area contributed by atoms with Crippen LogP contribution in [0.3, 0.4) is 0 Å². The molecule has 114 valence electrons. The minimum absolute atomic E-state index is 0.231. The number of rotatable bonds is 6. The molecule has 1 fully saturated rings. The van der Waals surface area contributed by atoms with Gasteiger partial charge in [-0.2, -0.15) is 11.3 Å². The van der Waals surface area contributed by atoms with Crippen LogP contribution in [0.15, 0.2) is 16.8 Å². The van der Waals surface area contributed by atoms with E-state index in [0.29, 0.717) is 12.0 Å². The van der Waals surface area contributed by atoms with Crippen molar-refractivity contribution in [2.45, 2.75) is 45.8 Å². The van der Waals surface area contributed by atoms with Gasteiger partial charge in [0, 0.05) is 36.1 Å². The van der Waals surface area contributed by atoms with Gasteiger partial charge in [0.25, 0.3) is 0 Å². The molecule has 3 atom stereocenters. The molecule has 0 aromatic carbocycles. The molecular weight excluding hydrogens is 268 g/mol. The van der Waals surface area contributed by atoms with Crippen molar-refractivity contribution in [2.24, 2.45) is 11.8 Å². The van der Waals surface area contributed by atoms with E-state index in [-0.39, 0.29) is 6.10 Å². The van der Waals surface area contributed by atoms with Gasteiger partial charge in [0.15, 0.2) is 0 Å². The molecule has 2 rings (SSSR count). The summed E-state index contributed by atoms with van der Waals surface area (Å²) in [6, 6.07) is 2.67. The Morgan fingerprint density at radius 2 is 2.20 bits per heavy atom. The van der Waals surface area contributed by atoms with E-state index in [4.69, 9.17) is 0 Å². The van der Waals surface area contributed by atoms with E-state index in [1.807, 2.05) is 6.92 Å². The number of nitrogens with one attached hydrogen (secondary N) is 1. The Balaban J connectivity index is 1.94. The molecule has 1 aliphatic heterocycles. The Morgan fingerprint density at radius 1 is 1.40 bits per heavy atom. The molecule has 3 nitrogen and oxygen atoms in total. The number of hydrogen-bond donors (Lipinski definition) is 2. The molecule has 0 spiro atoms. The normalized spacial score (nSPS) is 25.1. The Hall–Kier alpha value is -0.580. The lowest BCUT2D eigenvalue weighted by molar-refractivity contribution is 0.106. The van der Waals surface area contributed by atoms with Gasteiger partial charge in [0.05, 0.1) is 6.10 Å². The van der Waals surface area contributed by atoms with Crippen molar-refractivity contribution in [3.05, 3.63) is 16.8 Å². The molecule has 0 aliphatic carbocycles. The van der Waals surface area contributed by atoms with Crippen LogP contribution in [0.2, 0.25) is 0 Å². The average Bonchev–Trinajstić information content (AvgIpc) is 2.91.